The SMILES string of the molecule is O=C(CSc1ccccc1F)NNC(=O)C[C@@H]1Oc2ccccc2NC1=O. The quantitative estimate of drug-likeness (QED) is 0.536. The van der Waals surface area contributed by atoms with Crippen molar-refractivity contribution in [3.8, 4) is 5.75 Å². The van der Waals surface area contributed by atoms with Crippen molar-refractivity contribution < 1.29 is 23.5 Å². The van der Waals surface area contributed by atoms with E-state index in [1.165, 1.54) is 6.07 Å². The van der Waals surface area contributed by atoms with E-state index in [0.717, 1.165) is 11.8 Å². The number of halogens is 1. The average Bonchev–Trinajstić information content (AvgIpc) is 2.66. The van der Waals surface area contributed by atoms with Gasteiger partial charge < -0.3 is 10.1 Å². The number of hydrogen-bond donors (Lipinski definition) is 3. The van der Waals surface area contributed by atoms with Crippen molar-refractivity contribution in [2.45, 2.75) is 17.4 Å². The first-order chi connectivity index (χ1) is 13.0. The van der Waals surface area contributed by atoms with E-state index in [0.29, 0.717) is 16.3 Å². The number of anilines is 1. The van der Waals surface area contributed by atoms with E-state index in [4.69, 9.17) is 4.74 Å². The number of carbonyl (C=O) groups excluding carboxylic acids is 3. The second-order valence-corrected chi connectivity index (χ2v) is 6.63. The number of rotatable bonds is 5. The summed E-state index contributed by atoms with van der Waals surface area (Å²) in [5.74, 6) is -1.55. The van der Waals surface area contributed by atoms with Crippen LogP contribution in [-0.4, -0.2) is 29.6 Å². The molecule has 3 rings (SSSR count). The summed E-state index contributed by atoms with van der Waals surface area (Å²) in [6, 6.07) is 13.0. The fourth-order valence-corrected chi connectivity index (χ4v) is 3.07. The largest absolute Gasteiger partial charge is 0.478 e. The molecule has 7 nitrogen and oxygen atoms in total. The number of hydrazine groups is 1. The van der Waals surface area contributed by atoms with Gasteiger partial charge in [-0.05, 0) is 24.3 Å². The third-order valence-electron chi connectivity index (χ3n) is 3.61. The van der Waals surface area contributed by atoms with Crippen LogP contribution in [0, 0.1) is 5.82 Å². The van der Waals surface area contributed by atoms with E-state index in [2.05, 4.69) is 16.2 Å². The maximum Gasteiger partial charge on any atom is 0.266 e. The van der Waals surface area contributed by atoms with Crippen LogP contribution in [-0.2, 0) is 14.4 Å². The zero-order valence-corrected chi connectivity index (χ0v) is 14.8. The minimum absolute atomic E-state index is 0.0744. The maximum absolute atomic E-state index is 13.5. The monoisotopic (exact) mass is 389 g/mol. The van der Waals surface area contributed by atoms with Gasteiger partial charge in [0.1, 0.15) is 11.6 Å². The molecule has 3 N–H and O–H groups in total. The summed E-state index contributed by atoms with van der Waals surface area (Å²) < 4.78 is 19.0. The zero-order chi connectivity index (χ0) is 19.2. The second-order valence-electron chi connectivity index (χ2n) is 5.61. The summed E-state index contributed by atoms with van der Waals surface area (Å²) >= 11 is 1.01. The van der Waals surface area contributed by atoms with Crippen molar-refractivity contribution in [2.24, 2.45) is 0 Å². The predicted octanol–water partition coefficient (Wildman–Crippen LogP) is 1.85. The van der Waals surface area contributed by atoms with Gasteiger partial charge in [0, 0.05) is 4.90 Å². The van der Waals surface area contributed by atoms with Gasteiger partial charge in [0.15, 0.2) is 6.10 Å². The Hall–Kier alpha value is -3.07. The molecule has 0 unspecified atom stereocenters. The van der Waals surface area contributed by atoms with Gasteiger partial charge in [-0.1, -0.05) is 24.3 Å². The van der Waals surface area contributed by atoms with Crippen LogP contribution < -0.4 is 20.9 Å². The number of benzene rings is 2. The van der Waals surface area contributed by atoms with Gasteiger partial charge in [0.2, 0.25) is 11.8 Å². The molecule has 0 saturated heterocycles. The lowest BCUT2D eigenvalue weighted by molar-refractivity contribution is -0.132. The summed E-state index contributed by atoms with van der Waals surface area (Å²) in [5.41, 5.74) is 4.99. The first kappa shape index (κ1) is 18.7. The fraction of sp³-hybridized carbons (Fsp3) is 0.167. The molecule has 2 aromatic rings. The average molecular weight is 389 g/mol. The molecule has 1 aliphatic heterocycles. The number of amides is 3. The summed E-state index contributed by atoms with van der Waals surface area (Å²) in [6.45, 7) is 0. The fourth-order valence-electron chi connectivity index (χ4n) is 2.33. The van der Waals surface area contributed by atoms with Gasteiger partial charge in [0.05, 0.1) is 17.9 Å². The van der Waals surface area contributed by atoms with Crippen molar-refractivity contribution >= 4 is 35.2 Å². The Kier molecular flexibility index (Phi) is 5.92. The van der Waals surface area contributed by atoms with Gasteiger partial charge in [-0.2, -0.15) is 0 Å². The van der Waals surface area contributed by atoms with Crippen LogP contribution in [0.15, 0.2) is 53.4 Å². The lowest BCUT2D eigenvalue weighted by Crippen LogP contribution is -2.46. The molecule has 0 bridgehead atoms. The van der Waals surface area contributed by atoms with Crippen molar-refractivity contribution in [1.29, 1.82) is 0 Å². The Balaban J connectivity index is 1.44. The highest BCUT2D eigenvalue weighted by Gasteiger charge is 2.29. The third-order valence-corrected chi connectivity index (χ3v) is 4.66. The highest BCUT2D eigenvalue weighted by atomic mass is 32.2. The summed E-state index contributed by atoms with van der Waals surface area (Å²) in [4.78, 5) is 36.0. The van der Waals surface area contributed by atoms with Crippen LogP contribution in [0.5, 0.6) is 5.75 Å². The number of thioether (sulfide) groups is 1. The zero-order valence-electron chi connectivity index (χ0n) is 14.0. The Morgan fingerprint density at radius 1 is 1.07 bits per heavy atom. The molecule has 0 aromatic heterocycles. The van der Waals surface area contributed by atoms with Crippen LogP contribution in [0.1, 0.15) is 6.42 Å². The minimum Gasteiger partial charge on any atom is -0.478 e. The summed E-state index contributed by atoms with van der Waals surface area (Å²) in [5, 5.41) is 2.65. The molecule has 0 aliphatic carbocycles. The van der Waals surface area contributed by atoms with Crippen molar-refractivity contribution in [2.75, 3.05) is 11.1 Å². The molecular formula is C18H16FN3O4S. The molecule has 140 valence electrons. The number of para-hydroxylation sites is 2. The molecule has 1 aliphatic rings. The molecule has 0 radical (unpaired) electrons. The van der Waals surface area contributed by atoms with E-state index >= 15 is 0 Å². The molecule has 0 fully saturated rings. The van der Waals surface area contributed by atoms with E-state index in [-0.39, 0.29) is 12.2 Å². The molecule has 3 amide bonds. The molecule has 9 heteroatoms. The van der Waals surface area contributed by atoms with Gasteiger partial charge in [-0.3, -0.25) is 25.2 Å². The topological polar surface area (TPSA) is 96.5 Å². The van der Waals surface area contributed by atoms with Crippen molar-refractivity contribution in [3.05, 3.63) is 54.3 Å². The number of ether oxygens (including phenoxy) is 1. The number of fused-ring (bicyclic) bond motifs is 1. The summed E-state index contributed by atoms with van der Waals surface area (Å²) in [6.07, 6.45) is -1.26. The van der Waals surface area contributed by atoms with E-state index in [9.17, 15) is 18.8 Å². The highest BCUT2D eigenvalue weighted by molar-refractivity contribution is 8.00. The highest BCUT2D eigenvalue weighted by Crippen LogP contribution is 2.29. The van der Waals surface area contributed by atoms with Gasteiger partial charge in [-0.15, -0.1) is 11.8 Å². The van der Waals surface area contributed by atoms with Gasteiger partial charge >= 0.3 is 0 Å². The van der Waals surface area contributed by atoms with Crippen LogP contribution >= 0.6 is 11.8 Å². The van der Waals surface area contributed by atoms with Crippen LogP contribution in [0.2, 0.25) is 0 Å². The molecule has 1 atom stereocenters. The number of carbonyl (C=O) groups is 3. The molecule has 2 aromatic carbocycles. The molecule has 27 heavy (non-hydrogen) atoms. The standard InChI is InChI=1S/C18H16FN3O4S/c19-11-5-1-4-8-15(11)27-10-17(24)22-21-16(23)9-14-18(25)20-12-6-2-3-7-13(12)26-14/h1-8,14H,9-10H2,(H,20,25)(H,21,23)(H,22,24)/t14-/m0/s1. The van der Waals surface area contributed by atoms with Crippen molar-refractivity contribution in [3.63, 3.8) is 0 Å². The summed E-state index contributed by atoms with van der Waals surface area (Å²) in [7, 11) is 0. The third kappa shape index (κ3) is 4.98. The predicted molar refractivity (Wildman–Crippen MR) is 97.5 cm³/mol. The maximum atomic E-state index is 13.5. The van der Waals surface area contributed by atoms with E-state index in [1.807, 2.05) is 0 Å². The van der Waals surface area contributed by atoms with E-state index < -0.39 is 29.6 Å². The van der Waals surface area contributed by atoms with Crippen LogP contribution in [0.25, 0.3) is 0 Å². The second kappa shape index (κ2) is 8.54. The first-order valence-corrected chi connectivity index (χ1v) is 9.03. The van der Waals surface area contributed by atoms with Gasteiger partial charge in [-0.25, -0.2) is 4.39 Å². The normalized spacial score (nSPS) is 15.1. The smallest absolute Gasteiger partial charge is 0.266 e. The lowest BCUT2D eigenvalue weighted by atomic mass is 10.1. The Bertz CT molecular complexity index is 877. The lowest BCUT2D eigenvalue weighted by Gasteiger charge is -2.25. The van der Waals surface area contributed by atoms with Crippen LogP contribution in [0.3, 0.4) is 0 Å². The van der Waals surface area contributed by atoms with E-state index in [1.54, 1.807) is 42.5 Å². The molecule has 0 spiro atoms. The molecule has 1 heterocycles. The molecular weight excluding hydrogens is 373 g/mol. The minimum atomic E-state index is -0.996. The number of hydrogen-bond acceptors (Lipinski definition) is 5. The van der Waals surface area contributed by atoms with Gasteiger partial charge in [0.25, 0.3) is 5.91 Å². The van der Waals surface area contributed by atoms with Crippen molar-refractivity contribution in [1.82, 2.24) is 10.9 Å². The Morgan fingerprint density at radius 2 is 1.78 bits per heavy atom. The molecule has 0 saturated carbocycles. The van der Waals surface area contributed by atoms with Crippen LogP contribution in [0.4, 0.5) is 10.1 Å². The number of nitrogens with one attached hydrogen (secondary N) is 3. The first-order valence-electron chi connectivity index (χ1n) is 8.04. The Morgan fingerprint density at radius 3 is 2.59 bits per heavy atom. The Labute approximate surface area is 158 Å².